The molecule has 2 heterocycles. The maximum atomic E-state index is 13.8. The Kier molecular flexibility index (Phi) is 7.46. The highest BCUT2D eigenvalue weighted by Crippen LogP contribution is 2.31. The Bertz CT molecular complexity index is 1190. The van der Waals surface area contributed by atoms with Crippen molar-refractivity contribution in [3.05, 3.63) is 47.7 Å². The number of benzene rings is 1. The molecule has 0 radical (unpaired) electrons. The first kappa shape index (κ1) is 23.3. The summed E-state index contributed by atoms with van der Waals surface area (Å²) in [5, 5.41) is 9.53. The topological polar surface area (TPSA) is 110 Å². The molecule has 0 aliphatic carbocycles. The zero-order valence-electron chi connectivity index (χ0n) is 17.7. The van der Waals surface area contributed by atoms with Crippen molar-refractivity contribution >= 4 is 39.5 Å². The highest BCUT2D eigenvalue weighted by molar-refractivity contribution is 7.86. The number of rotatable bonds is 8. The van der Waals surface area contributed by atoms with Gasteiger partial charge >= 0.3 is 0 Å². The molecule has 9 nitrogen and oxygen atoms in total. The third-order valence-electron chi connectivity index (χ3n) is 4.29. The van der Waals surface area contributed by atoms with Crippen molar-refractivity contribution in [1.82, 2.24) is 19.9 Å². The number of hydrogen-bond acceptors (Lipinski definition) is 6. The van der Waals surface area contributed by atoms with Crippen LogP contribution in [0.25, 0.3) is 5.52 Å². The number of alkyl halides is 1. The van der Waals surface area contributed by atoms with Gasteiger partial charge in [0.2, 0.25) is 0 Å². The van der Waals surface area contributed by atoms with E-state index in [-0.39, 0.29) is 18.2 Å². The lowest BCUT2D eigenvalue weighted by Crippen LogP contribution is -2.30. The number of amides is 2. The lowest BCUT2D eigenvalue weighted by atomic mass is 10.2. The number of aryl methyl sites for hydroxylation is 1. The molecule has 0 aliphatic rings. The van der Waals surface area contributed by atoms with Crippen molar-refractivity contribution in [1.29, 1.82) is 0 Å². The quantitative estimate of drug-likeness (QED) is 0.530. The summed E-state index contributed by atoms with van der Waals surface area (Å²) in [6.07, 6.45) is 6.56. The van der Waals surface area contributed by atoms with Crippen LogP contribution in [0.1, 0.15) is 15.9 Å². The number of carbonyl (C=O) groups is 2. The second-order valence-electron chi connectivity index (χ2n) is 6.83. The number of fused-ring (bicyclic) bond motifs is 1. The zero-order valence-corrected chi connectivity index (χ0v) is 18.5. The predicted octanol–water partition coefficient (Wildman–Crippen LogP) is 2.59. The molecular formula is C20H22F2N6O3S. The van der Waals surface area contributed by atoms with E-state index >= 15 is 0 Å². The molecule has 170 valence electrons. The van der Waals surface area contributed by atoms with Gasteiger partial charge in [-0.1, -0.05) is 10.7 Å². The van der Waals surface area contributed by atoms with Gasteiger partial charge in [-0.25, -0.2) is 18.3 Å². The number of hydrogen-bond donors (Lipinski definition) is 2. The number of halogens is 2. The van der Waals surface area contributed by atoms with Gasteiger partial charge in [-0.05, 0) is 37.1 Å². The molecule has 0 unspecified atom stereocenters. The number of nitrogens with one attached hydrogen (secondary N) is 2. The molecule has 0 spiro atoms. The smallest absolute Gasteiger partial charge is 0.284 e. The number of carbonyl (C=O) groups excluding carboxylic acids is 2. The molecule has 2 aromatic heterocycles. The van der Waals surface area contributed by atoms with Crippen molar-refractivity contribution in [2.24, 2.45) is 4.36 Å². The highest BCUT2D eigenvalue weighted by Gasteiger charge is 2.19. The van der Waals surface area contributed by atoms with E-state index in [4.69, 9.17) is 4.74 Å². The molecule has 0 atom stereocenters. The third-order valence-corrected chi connectivity index (χ3v) is 4.83. The minimum atomic E-state index is -0.700. The highest BCUT2D eigenvalue weighted by atomic mass is 32.2. The largest absolute Gasteiger partial charge is 0.481 e. The van der Waals surface area contributed by atoms with Crippen LogP contribution in [0.2, 0.25) is 0 Å². The minimum absolute atomic E-state index is 0.0636. The molecule has 0 fully saturated rings. The van der Waals surface area contributed by atoms with Gasteiger partial charge in [0.05, 0.1) is 11.3 Å². The fourth-order valence-electron chi connectivity index (χ4n) is 2.91. The van der Waals surface area contributed by atoms with E-state index < -0.39 is 35.7 Å². The van der Waals surface area contributed by atoms with E-state index in [1.54, 1.807) is 13.1 Å². The maximum Gasteiger partial charge on any atom is 0.284 e. The molecule has 12 heteroatoms. The molecule has 2 N–H and O–H groups in total. The van der Waals surface area contributed by atoms with Crippen LogP contribution in [-0.2, 0) is 15.5 Å². The minimum Gasteiger partial charge on any atom is -0.481 e. The number of nitrogens with zero attached hydrogens (tertiary/aromatic N) is 4. The van der Waals surface area contributed by atoms with Crippen LogP contribution >= 0.6 is 0 Å². The van der Waals surface area contributed by atoms with Crippen molar-refractivity contribution in [3.63, 3.8) is 0 Å². The second kappa shape index (κ2) is 10.3. The summed E-state index contributed by atoms with van der Waals surface area (Å²) in [6, 6.07) is 3.77. The van der Waals surface area contributed by atoms with E-state index in [1.807, 2.05) is 12.5 Å². The third kappa shape index (κ3) is 5.44. The van der Waals surface area contributed by atoms with Crippen LogP contribution < -0.4 is 15.4 Å². The Morgan fingerprint density at radius 2 is 2.09 bits per heavy atom. The predicted molar refractivity (Wildman–Crippen MR) is 118 cm³/mol. The molecule has 3 rings (SSSR count). The van der Waals surface area contributed by atoms with Gasteiger partial charge in [0, 0.05) is 18.8 Å². The molecule has 0 aliphatic heterocycles. The van der Waals surface area contributed by atoms with Crippen molar-refractivity contribution in [3.8, 4) is 5.75 Å². The zero-order chi connectivity index (χ0) is 23.3. The number of anilines is 2. The van der Waals surface area contributed by atoms with Gasteiger partial charge in [-0.15, -0.1) is 0 Å². The Labute approximate surface area is 185 Å². The summed E-state index contributed by atoms with van der Waals surface area (Å²) >= 11 is 0. The number of aromatic nitrogens is 3. The first-order valence-electron chi connectivity index (χ1n) is 9.49. The van der Waals surface area contributed by atoms with E-state index in [0.29, 0.717) is 28.1 Å². The summed E-state index contributed by atoms with van der Waals surface area (Å²) in [4.78, 5) is 28.4. The normalized spacial score (nSPS) is 10.9. The van der Waals surface area contributed by atoms with E-state index in [9.17, 15) is 18.4 Å². The van der Waals surface area contributed by atoms with E-state index in [2.05, 4.69) is 25.1 Å². The molecule has 0 saturated carbocycles. The van der Waals surface area contributed by atoms with Gasteiger partial charge in [-0.3, -0.25) is 9.59 Å². The average Bonchev–Trinajstić information content (AvgIpc) is 3.09. The first-order valence-corrected chi connectivity index (χ1v) is 11.5. The Morgan fingerprint density at radius 3 is 2.81 bits per heavy atom. The standard InChI is InChI=1S/C20H22F2N6O3S/c1-12-14(20(30)27-32(2)3)9-28-18(12)19(24-11-25-28)26-15-5-4-13(22)8-16(15)31-10-17(29)23-7-6-21/h4-5,8-9,11H,6-7,10H2,1-3H3,(H,23,29)(H,24,25,26). The van der Waals surface area contributed by atoms with Crippen LogP contribution in [0.3, 0.4) is 0 Å². The van der Waals surface area contributed by atoms with Crippen LogP contribution in [0.15, 0.2) is 35.1 Å². The Balaban J connectivity index is 1.93. The van der Waals surface area contributed by atoms with Gasteiger partial charge in [0.15, 0.2) is 12.4 Å². The van der Waals surface area contributed by atoms with Crippen molar-refractivity contribution in [2.45, 2.75) is 6.92 Å². The SMILES string of the molecule is Cc1c(C(=O)N=S(C)C)cn2ncnc(Nc3ccc(F)cc3OCC(=O)NCCF)c12. The molecule has 1 aromatic carbocycles. The van der Waals surface area contributed by atoms with Crippen LogP contribution in [0.4, 0.5) is 20.3 Å². The van der Waals surface area contributed by atoms with Gasteiger partial charge < -0.3 is 15.4 Å². The summed E-state index contributed by atoms with van der Waals surface area (Å²) < 4.78 is 37.0. The van der Waals surface area contributed by atoms with E-state index in [0.717, 1.165) is 6.07 Å². The second-order valence-corrected chi connectivity index (χ2v) is 8.56. The molecular weight excluding hydrogens is 442 g/mol. The summed E-state index contributed by atoms with van der Waals surface area (Å²) in [6.45, 7) is 0.507. The molecule has 0 saturated heterocycles. The van der Waals surface area contributed by atoms with Crippen LogP contribution in [0, 0.1) is 12.7 Å². The van der Waals surface area contributed by atoms with Crippen molar-refractivity contribution < 1.29 is 23.1 Å². The monoisotopic (exact) mass is 464 g/mol. The molecule has 2 amide bonds. The van der Waals surface area contributed by atoms with Gasteiger partial charge in [0.25, 0.3) is 11.8 Å². The summed E-state index contributed by atoms with van der Waals surface area (Å²) in [7, 11) is -0.418. The molecule has 0 bridgehead atoms. The van der Waals surface area contributed by atoms with Gasteiger partial charge in [0.1, 0.15) is 30.1 Å². The lowest BCUT2D eigenvalue weighted by Gasteiger charge is -2.14. The number of ether oxygens (including phenoxy) is 1. The Morgan fingerprint density at radius 1 is 1.31 bits per heavy atom. The Hall–Kier alpha value is -3.41. The molecule has 32 heavy (non-hydrogen) atoms. The first-order chi connectivity index (χ1) is 15.3. The van der Waals surface area contributed by atoms with Crippen molar-refractivity contribution in [2.75, 3.05) is 37.7 Å². The van der Waals surface area contributed by atoms with Gasteiger partial charge in [-0.2, -0.15) is 9.46 Å². The average molecular weight is 464 g/mol. The van der Waals surface area contributed by atoms with Crippen LogP contribution in [-0.4, -0.2) is 58.8 Å². The summed E-state index contributed by atoms with van der Waals surface area (Å²) in [5.74, 6) is -1.04. The lowest BCUT2D eigenvalue weighted by molar-refractivity contribution is -0.123. The molecule has 3 aromatic rings. The fourth-order valence-corrected chi connectivity index (χ4v) is 3.34. The summed E-state index contributed by atoms with van der Waals surface area (Å²) in [5.41, 5.74) is 1.90. The van der Waals surface area contributed by atoms with E-state index in [1.165, 1.54) is 23.0 Å². The fraction of sp³-hybridized carbons (Fsp3) is 0.300. The van der Waals surface area contributed by atoms with Crippen LogP contribution in [0.5, 0.6) is 5.75 Å². The maximum absolute atomic E-state index is 13.8.